The number of hydrogen-bond acceptors (Lipinski definition) is 4. The zero-order valence-electron chi connectivity index (χ0n) is 16.1. The number of rotatable bonds is 8. The van der Waals surface area contributed by atoms with Gasteiger partial charge in [0, 0.05) is 12.6 Å². The average molecular weight is 398 g/mol. The van der Waals surface area contributed by atoms with Crippen LogP contribution in [0.15, 0.2) is 39.8 Å². The Bertz CT molecular complexity index is 773. The predicted octanol–water partition coefficient (Wildman–Crippen LogP) is 3.99. The second-order valence-corrected chi connectivity index (χ2v) is 6.47. The minimum atomic E-state index is -4.37. The highest BCUT2D eigenvalue weighted by atomic mass is 19.4. The Labute approximate surface area is 162 Å². The van der Waals surface area contributed by atoms with Crippen molar-refractivity contribution in [3.8, 4) is 5.75 Å². The summed E-state index contributed by atoms with van der Waals surface area (Å²) in [5, 5.41) is 10.3. The maximum Gasteiger partial charge on any atom is 0.422 e. The molecule has 0 bridgehead atoms. The predicted molar refractivity (Wildman–Crippen MR) is 100 cm³/mol. The van der Waals surface area contributed by atoms with E-state index in [0.29, 0.717) is 24.8 Å². The molecular formula is C19H25F3N4O2. The molecule has 1 aromatic carbocycles. The lowest BCUT2D eigenvalue weighted by Gasteiger charge is -2.11. The van der Waals surface area contributed by atoms with Crippen LogP contribution in [0.1, 0.15) is 43.7 Å². The molecular weight excluding hydrogens is 373 g/mol. The maximum atomic E-state index is 12.3. The van der Waals surface area contributed by atoms with E-state index in [4.69, 9.17) is 9.26 Å². The van der Waals surface area contributed by atoms with Crippen molar-refractivity contribution in [2.45, 2.75) is 46.0 Å². The number of halogens is 3. The van der Waals surface area contributed by atoms with Crippen LogP contribution in [0.5, 0.6) is 5.75 Å². The molecule has 2 N–H and O–H groups in total. The monoisotopic (exact) mass is 398 g/mol. The van der Waals surface area contributed by atoms with Gasteiger partial charge in [-0.3, -0.25) is 0 Å². The van der Waals surface area contributed by atoms with Crippen molar-refractivity contribution in [1.29, 1.82) is 0 Å². The number of alkyl halides is 3. The molecule has 0 fully saturated rings. The molecule has 0 spiro atoms. The Morgan fingerprint density at radius 2 is 2.04 bits per heavy atom. The van der Waals surface area contributed by atoms with Crippen LogP contribution in [-0.4, -0.2) is 30.4 Å². The van der Waals surface area contributed by atoms with E-state index in [1.54, 1.807) is 18.2 Å². The average Bonchev–Trinajstić information content (AvgIpc) is 3.11. The minimum absolute atomic E-state index is 0.158. The van der Waals surface area contributed by atoms with Gasteiger partial charge in [-0.05, 0) is 30.5 Å². The lowest BCUT2D eigenvalue weighted by Crippen LogP contribution is -2.36. The van der Waals surface area contributed by atoms with Gasteiger partial charge in [0.25, 0.3) is 0 Å². The lowest BCUT2D eigenvalue weighted by atomic mass is 10.1. The standard InChI is InChI=1S/C19H25F3N4O2/c1-4-23-18(25-11-16-9-17(13(2)3)26-28-16)24-10-14-6-5-7-15(8-14)27-12-19(20,21)22/h5-9,13H,4,10-12H2,1-3H3,(H2,23,24,25). The van der Waals surface area contributed by atoms with Gasteiger partial charge >= 0.3 is 6.18 Å². The fraction of sp³-hybridized carbons (Fsp3) is 0.474. The Hall–Kier alpha value is -2.71. The summed E-state index contributed by atoms with van der Waals surface area (Å²) in [5.41, 5.74) is 1.62. The summed E-state index contributed by atoms with van der Waals surface area (Å²) in [5.74, 6) is 1.69. The van der Waals surface area contributed by atoms with E-state index in [0.717, 1.165) is 11.3 Å². The first-order valence-electron chi connectivity index (χ1n) is 9.03. The van der Waals surface area contributed by atoms with Gasteiger partial charge in [0.2, 0.25) is 0 Å². The zero-order chi connectivity index (χ0) is 20.6. The third kappa shape index (κ3) is 7.50. The van der Waals surface area contributed by atoms with Gasteiger partial charge in [0.1, 0.15) is 5.75 Å². The van der Waals surface area contributed by atoms with Crippen LogP contribution in [-0.2, 0) is 13.1 Å². The molecule has 2 rings (SSSR count). The Morgan fingerprint density at radius 1 is 1.25 bits per heavy atom. The summed E-state index contributed by atoms with van der Waals surface area (Å²) < 4.78 is 46.9. The van der Waals surface area contributed by atoms with Gasteiger partial charge in [0.15, 0.2) is 18.3 Å². The molecule has 154 valence electrons. The summed E-state index contributed by atoms with van der Waals surface area (Å²) in [7, 11) is 0. The number of nitrogens with zero attached hydrogens (tertiary/aromatic N) is 2. The summed E-state index contributed by atoms with van der Waals surface area (Å²) in [6.07, 6.45) is -4.37. The Kier molecular flexibility index (Phi) is 7.71. The van der Waals surface area contributed by atoms with Crippen molar-refractivity contribution in [1.82, 2.24) is 15.8 Å². The highest BCUT2D eigenvalue weighted by molar-refractivity contribution is 5.79. The van der Waals surface area contributed by atoms with E-state index < -0.39 is 12.8 Å². The SMILES string of the molecule is CCNC(=NCc1cccc(OCC(F)(F)F)c1)NCc1cc(C(C)C)no1. The van der Waals surface area contributed by atoms with Crippen LogP contribution in [0.2, 0.25) is 0 Å². The van der Waals surface area contributed by atoms with Crippen LogP contribution in [0.4, 0.5) is 13.2 Å². The maximum absolute atomic E-state index is 12.3. The normalized spacial score (nSPS) is 12.3. The Morgan fingerprint density at radius 3 is 2.68 bits per heavy atom. The number of hydrogen-bond donors (Lipinski definition) is 2. The first kappa shape index (κ1) is 21.6. The molecule has 0 amide bonds. The van der Waals surface area contributed by atoms with Crippen LogP contribution >= 0.6 is 0 Å². The van der Waals surface area contributed by atoms with Crippen LogP contribution in [0, 0.1) is 0 Å². The topological polar surface area (TPSA) is 71.7 Å². The third-order valence-electron chi connectivity index (χ3n) is 3.66. The van der Waals surface area contributed by atoms with Gasteiger partial charge in [-0.25, -0.2) is 4.99 Å². The van der Waals surface area contributed by atoms with E-state index in [1.165, 1.54) is 6.07 Å². The molecule has 1 heterocycles. The van der Waals surface area contributed by atoms with Gasteiger partial charge in [0.05, 0.1) is 18.8 Å². The first-order chi connectivity index (χ1) is 13.3. The Balaban J connectivity index is 1.95. The van der Waals surface area contributed by atoms with E-state index in [9.17, 15) is 13.2 Å². The van der Waals surface area contributed by atoms with E-state index in [2.05, 4.69) is 20.8 Å². The van der Waals surface area contributed by atoms with Crippen molar-refractivity contribution < 1.29 is 22.4 Å². The van der Waals surface area contributed by atoms with E-state index in [-0.39, 0.29) is 18.2 Å². The fourth-order valence-corrected chi connectivity index (χ4v) is 2.27. The lowest BCUT2D eigenvalue weighted by molar-refractivity contribution is -0.153. The molecule has 0 unspecified atom stereocenters. The third-order valence-corrected chi connectivity index (χ3v) is 3.66. The molecule has 0 radical (unpaired) electrons. The van der Waals surface area contributed by atoms with Gasteiger partial charge in [-0.2, -0.15) is 13.2 Å². The van der Waals surface area contributed by atoms with E-state index >= 15 is 0 Å². The smallest absolute Gasteiger partial charge is 0.422 e. The minimum Gasteiger partial charge on any atom is -0.484 e. The molecule has 0 saturated carbocycles. The molecule has 0 aliphatic carbocycles. The van der Waals surface area contributed by atoms with Crippen LogP contribution in [0.3, 0.4) is 0 Å². The molecule has 6 nitrogen and oxygen atoms in total. The summed E-state index contributed by atoms with van der Waals surface area (Å²) in [6.45, 7) is 6.05. The molecule has 0 aliphatic rings. The van der Waals surface area contributed by atoms with Crippen molar-refractivity contribution in [3.63, 3.8) is 0 Å². The number of guanidine groups is 1. The summed E-state index contributed by atoms with van der Waals surface area (Å²) in [6, 6.07) is 8.34. The first-order valence-corrected chi connectivity index (χ1v) is 9.03. The molecule has 0 saturated heterocycles. The highest BCUT2D eigenvalue weighted by Gasteiger charge is 2.28. The second kappa shape index (κ2) is 10.0. The number of nitrogens with one attached hydrogen (secondary N) is 2. The van der Waals surface area contributed by atoms with Crippen LogP contribution < -0.4 is 15.4 Å². The summed E-state index contributed by atoms with van der Waals surface area (Å²) in [4.78, 5) is 4.45. The zero-order valence-corrected chi connectivity index (χ0v) is 16.1. The molecule has 0 atom stereocenters. The fourth-order valence-electron chi connectivity index (χ4n) is 2.27. The quantitative estimate of drug-likeness (QED) is 0.520. The van der Waals surface area contributed by atoms with Crippen molar-refractivity contribution >= 4 is 5.96 Å². The van der Waals surface area contributed by atoms with Gasteiger partial charge < -0.3 is 19.9 Å². The van der Waals surface area contributed by atoms with Crippen LogP contribution in [0.25, 0.3) is 0 Å². The summed E-state index contributed by atoms with van der Waals surface area (Å²) >= 11 is 0. The number of aliphatic imine (C=N–C) groups is 1. The molecule has 1 aromatic heterocycles. The number of benzene rings is 1. The van der Waals surface area contributed by atoms with Crippen molar-refractivity contribution in [2.24, 2.45) is 4.99 Å². The second-order valence-electron chi connectivity index (χ2n) is 6.47. The molecule has 9 heteroatoms. The molecule has 0 aliphatic heterocycles. The highest BCUT2D eigenvalue weighted by Crippen LogP contribution is 2.19. The number of aromatic nitrogens is 1. The molecule has 28 heavy (non-hydrogen) atoms. The van der Waals surface area contributed by atoms with Crippen molar-refractivity contribution in [3.05, 3.63) is 47.3 Å². The number of ether oxygens (including phenoxy) is 1. The van der Waals surface area contributed by atoms with Gasteiger partial charge in [-0.15, -0.1) is 0 Å². The van der Waals surface area contributed by atoms with Gasteiger partial charge in [-0.1, -0.05) is 31.1 Å². The largest absolute Gasteiger partial charge is 0.484 e. The van der Waals surface area contributed by atoms with E-state index in [1.807, 2.05) is 26.8 Å². The van der Waals surface area contributed by atoms with Crippen molar-refractivity contribution in [2.75, 3.05) is 13.2 Å². The molecule has 2 aromatic rings.